The highest BCUT2D eigenvalue weighted by Crippen LogP contribution is 2.29. The zero-order valence-electron chi connectivity index (χ0n) is 12.6. The van der Waals surface area contributed by atoms with Crippen molar-refractivity contribution in [3.05, 3.63) is 0 Å². The first-order valence-electron chi connectivity index (χ1n) is 7.85. The van der Waals surface area contributed by atoms with Gasteiger partial charge in [-0.15, -0.1) is 0 Å². The summed E-state index contributed by atoms with van der Waals surface area (Å²) in [6, 6.07) is 0. The molecule has 0 bridgehead atoms. The van der Waals surface area contributed by atoms with Crippen molar-refractivity contribution in [2.24, 2.45) is 5.92 Å². The predicted octanol–water partition coefficient (Wildman–Crippen LogP) is 1.35. The molecule has 3 rings (SSSR count). The molecule has 0 spiro atoms. The molecule has 7 nitrogen and oxygen atoms in total. The maximum atomic E-state index is 5.37. The van der Waals surface area contributed by atoms with Gasteiger partial charge >= 0.3 is 0 Å². The lowest BCUT2D eigenvalue weighted by Crippen LogP contribution is -2.37. The van der Waals surface area contributed by atoms with Crippen molar-refractivity contribution in [2.75, 3.05) is 55.4 Å². The van der Waals surface area contributed by atoms with Gasteiger partial charge in [-0.3, -0.25) is 0 Å². The van der Waals surface area contributed by atoms with Gasteiger partial charge < -0.3 is 20.3 Å². The third kappa shape index (κ3) is 3.72. The van der Waals surface area contributed by atoms with Gasteiger partial charge in [-0.25, -0.2) is 0 Å². The minimum absolute atomic E-state index is 0.609. The summed E-state index contributed by atoms with van der Waals surface area (Å²) in [6.45, 7) is 4.04. The Morgan fingerprint density at radius 2 is 1.90 bits per heavy atom. The van der Waals surface area contributed by atoms with E-state index in [0.717, 1.165) is 44.7 Å². The van der Waals surface area contributed by atoms with Crippen molar-refractivity contribution >= 4 is 17.8 Å². The van der Waals surface area contributed by atoms with Gasteiger partial charge in [0.25, 0.3) is 0 Å². The number of nitrogens with zero attached hydrogens (tertiary/aromatic N) is 4. The Labute approximate surface area is 125 Å². The van der Waals surface area contributed by atoms with Gasteiger partial charge in [-0.05, 0) is 12.3 Å². The Kier molecular flexibility index (Phi) is 4.69. The molecule has 1 aliphatic heterocycles. The molecule has 2 heterocycles. The van der Waals surface area contributed by atoms with Gasteiger partial charge in [-0.2, -0.15) is 15.0 Å². The van der Waals surface area contributed by atoms with Gasteiger partial charge in [0.05, 0.1) is 13.2 Å². The van der Waals surface area contributed by atoms with E-state index >= 15 is 0 Å². The fraction of sp³-hybridized carbons (Fsp3) is 0.786. The maximum absolute atomic E-state index is 5.37. The molecule has 0 aromatic carbocycles. The number of aromatic nitrogens is 3. The van der Waals surface area contributed by atoms with Gasteiger partial charge in [0, 0.05) is 26.7 Å². The molecule has 0 unspecified atom stereocenters. The van der Waals surface area contributed by atoms with Crippen LogP contribution in [0.25, 0.3) is 0 Å². The van der Waals surface area contributed by atoms with Crippen LogP contribution in [0.2, 0.25) is 0 Å². The standard InChI is InChI=1S/C14H24N6O/c1-15-12-17-13(16-6-5-11-3-2-4-11)19-14(18-12)20-7-9-21-10-8-20/h11H,2-10H2,1H3,(H2,15,16,17,18,19). The molecule has 116 valence electrons. The smallest absolute Gasteiger partial charge is 0.232 e. The zero-order valence-corrected chi connectivity index (χ0v) is 12.6. The summed E-state index contributed by atoms with van der Waals surface area (Å²) in [5.74, 6) is 2.89. The van der Waals surface area contributed by atoms with E-state index in [9.17, 15) is 0 Å². The Morgan fingerprint density at radius 1 is 1.14 bits per heavy atom. The Hall–Kier alpha value is -1.63. The quantitative estimate of drug-likeness (QED) is 0.819. The second-order valence-corrected chi connectivity index (χ2v) is 5.64. The minimum Gasteiger partial charge on any atom is -0.378 e. The first-order chi connectivity index (χ1) is 10.3. The third-order valence-corrected chi connectivity index (χ3v) is 4.20. The zero-order chi connectivity index (χ0) is 14.5. The van der Waals surface area contributed by atoms with E-state index in [0.29, 0.717) is 11.9 Å². The monoisotopic (exact) mass is 292 g/mol. The minimum atomic E-state index is 0.609. The maximum Gasteiger partial charge on any atom is 0.232 e. The fourth-order valence-electron chi connectivity index (χ4n) is 2.63. The Balaban J connectivity index is 1.63. The Morgan fingerprint density at radius 3 is 2.57 bits per heavy atom. The van der Waals surface area contributed by atoms with Crippen molar-refractivity contribution in [1.29, 1.82) is 0 Å². The summed E-state index contributed by atoms with van der Waals surface area (Å²) in [5, 5.41) is 6.35. The van der Waals surface area contributed by atoms with Crippen LogP contribution in [0.1, 0.15) is 25.7 Å². The van der Waals surface area contributed by atoms with E-state index in [1.165, 1.54) is 25.7 Å². The molecular weight excluding hydrogens is 268 g/mol. The van der Waals surface area contributed by atoms with Crippen LogP contribution in [0.3, 0.4) is 0 Å². The van der Waals surface area contributed by atoms with Crippen LogP contribution in [0.5, 0.6) is 0 Å². The number of ether oxygens (including phenoxy) is 1. The highest BCUT2D eigenvalue weighted by Gasteiger charge is 2.18. The van der Waals surface area contributed by atoms with Crippen molar-refractivity contribution in [3.63, 3.8) is 0 Å². The van der Waals surface area contributed by atoms with Crippen LogP contribution in [0.15, 0.2) is 0 Å². The third-order valence-electron chi connectivity index (χ3n) is 4.20. The lowest BCUT2D eigenvalue weighted by Gasteiger charge is -2.27. The summed E-state index contributed by atoms with van der Waals surface area (Å²) in [7, 11) is 1.83. The fourth-order valence-corrected chi connectivity index (χ4v) is 2.63. The topological polar surface area (TPSA) is 75.2 Å². The first-order valence-corrected chi connectivity index (χ1v) is 7.85. The molecular formula is C14H24N6O. The van der Waals surface area contributed by atoms with Crippen LogP contribution < -0.4 is 15.5 Å². The number of nitrogens with one attached hydrogen (secondary N) is 2. The lowest BCUT2D eigenvalue weighted by molar-refractivity contribution is 0.122. The molecule has 21 heavy (non-hydrogen) atoms. The predicted molar refractivity (Wildman–Crippen MR) is 82.9 cm³/mol. The molecule has 0 radical (unpaired) electrons. The molecule has 0 atom stereocenters. The summed E-state index contributed by atoms with van der Waals surface area (Å²) in [4.78, 5) is 15.5. The number of hydrogen-bond acceptors (Lipinski definition) is 7. The number of morpholine rings is 1. The van der Waals surface area contributed by atoms with Crippen LogP contribution in [-0.4, -0.2) is 54.8 Å². The highest BCUT2D eigenvalue weighted by molar-refractivity contribution is 5.43. The van der Waals surface area contributed by atoms with Crippen LogP contribution in [0.4, 0.5) is 17.8 Å². The molecule has 2 aliphatic rings. The first kappa shape index (κ1) is 14.3. The van der Waals surface area contributed by atoms with Crippen LogP contribution in [-0.2, 0) is 4.74 Å². The number of rotatable bonds is 6. The molecule has 7 heteroatoms. The molecule has 0 amide bonds. The van der Waals surface area contributed by atoms with E-state index in [1.807, 2.05) is 7.05 Å². The normalized spacial score (nSPS) is 19.2. The molecule has 1 saturated heterocycles. The highest BCUT2D eigenvalue weighted by atomic mass is 16.5. The van der Waals surface area contributed by atoms with Gasteiger partial charge in [0.1, 0.15) is 0 Å². The SMILES string of the molecule is CNc1nc(NCCC2CCC2)nc(N2CCOCC2)n1. The van der Waals surface area contributed by atoms with E-state index in [4.69, 9.17) is 4.74 Å². The van der Waals surface area contributed by atoms with Crippen molar-refractivity contribution < 1.29 is 4.74 Å². The molecule has 2 fully saturated rings. The van der Waals surface area contributed by atoms with Crippen molar-refractivity contribution in [1.82, 2.24) is 15.0 Å². The van der Waals surface area contributed by atoms with Crippen molar-refractivity contribution in [2.45, 2.75) is 25.7 Å². The van der Waals surface area contributed by atoms with Gasteiger partial charge in [-0.1, -0.05) is 19.3 Å². The van der Waals surface area contributed by atoms with E-state index in [2.05, 4.69) is 30.5 Å². The summed E-state index contributed by atoms with van der Waals surface area (Å²) in [6.07, 6.45) is 5.34. The molecule has 1 aromatic heterocycles. The second kappa shape index (κ2) is 6.89. The molecule has 1 aliphatic carbocycles. The van der Waals surface area contributed by atoms with Crippen LogP contribution >= 0.6 is 0 Å². The van der Waals surface area contributed by atoms with Crippen LogP contribution in [0, 0.1) is 5.92 Å². The molecule has 2 N–H and O–H groups in total. The lowest BCUT2D eigenvalue weighted by atomic mass is 9.83. The van der Waals surface area contributed by atoms with Crippen molar-refractivity contribution in [3.8, 4) is 0 Å². The summed E-state index contributed by atoms with van der Waals surface area (Å²) in [5.41, 5.74) is 0. The molecule has 1 saturated carbocycles. The number of hydrogen-bond donors (Lipinski definition) is 2. The summed E-state index contributed by atoms with van der Waals surface area (Å²) >= 11 is 0. The van der Waals surface area contributed by atoms with Gasteiger partial charge in [0.2, 0.25) is 17.8 Å². The van der Waals surface area contributed by atoms with E-state index < -0.39 is 0 Å². The number of anilines is 3. The second-order valence-electron chi connectivity index (χ2n) is 5.64. The Bertz CT molecular complexity index is 459. The van der Waals surface area contributed by atoms with E-state index in [1.54, 1.807) is 0 Å². The van der Waals surface area contributed by atoms with Gasteiger partial charge in [0.15, 0.2) is 0 Å². The average molecular weight is 292 g/mol. The average Bonchev–Trinajstić information content (AvgIpc) is 2.50. The van der Waals surface area contributed by atoms with E-state index in [-0.39, 0.29) is 0 Å². The summed E-state index contributed by atoms with van der Waals surface area (Å²) < 4.78 is 5.37. The largest absolute Gasteiger partial charge is 0.378 e. The molecule has 1 aromatic rings.